The lowest BCUT2D eigenvalue weighted by Crippen LogP contribution is -2.16. The molecule has 3 heteroatoms. The zero-order chi connectivity index (χ0) is 6.41. The molecule has 0 aromatic rings. The zero-order valence-corrected chi connectivity index (χ0v) is 6.04. The fraction of sp³-hybridized carbons (Fsp3) is 1.00. The minimum Gasteiger partial charge on any atom is -0.598 e. The largest absolute Gasteiger partial charge is 0.598 e. The summed E-state index contributed by atoms with van der Waals surface area (Å²) in [4.78, 5) is 0. The van der Waals surface area contributed by atoms with Crippen molar-refractivity contribution in [2.75, 3.05) is 5.75 Å². The van der Waals surface area contributed by atoms with Crippen molar-refractivity contribution < 1.29 is 4.55 Å². The molecule has 0 aliphatic rings. The number of hydrogen-bond acceptors (Lipinski definition) is 2. The van der Waals surface area contributed by atoms with Gasteiger partial charge in [0.1, 0.15) is 5.75 Å². The Balaban J connectivity index is 2.72. The molecule has 1 atom stereocenters. The van der Waals surface area contributed by atoms with E-state index < -0.39 is 11.4 Å². The van der Waals surface area contributed by atoms with Crippen molar-refractivity contribution in [3.05, 3.63) is 0 Å². The zero-order valence-electron chi connectivity index (χ0n) is 5.22. The molecular formula is C5H13NOS. The maximum Gasteiger partial charge on any atom is 0.125 e. The van der Waals surface area contributed by atoms with Crippen LogP contribution in [0.1, 0.15) is 26.2 Å². The van der Waals surface area contributed by atoms with Gasteiger partial charge in [-0.25, -0.2) is 0 Å². The van der Waals surface area contributed by atoms with Crippen molar-refractivity contribution in [2.45, 2.75) is 26.2 Å². The fourth-order valence-corrected chi connectivity index (χ4v) is 0.983. The maximum absolute atomic E-state index is 10.2. The predicted molar refractivity (Wildman–Crippen MR) is 36.7 cm³/mol. The van der Waals surface area contributed by atoms with E-state index in [9.17, 15) is 4.55 Å². The van der Waals surface area contributed by atoms with Crippen LogP contribution in [0.15, 0.2) is 0 Å². The van der Waals surface area contributed by atoms with Gasteiger partial charge in [0.05, 0.1) is 0 Å². The molecule has 2 nitrogen and oxygen atoms in total. The molecule has 0 fully saturated rings. The molecule has 1 unspecified atom stereocenters. The molecule has 0 saturated carbocycles. The van der Waals surface area contributed by atoms with E-state index in [4.69, 9.17) is 5.14 Å². The van der Waals surface area contributed by atoms with Crippen LogP contribution < -0.4 is 5.14 Å². The Morgan fingerprint density at radius 2 is 2.12 bits per heavy atom. The summed E-state index contributed by atoms with van der Waals surface area (Å²) in [6.07, 6.45) is 3.31. The van der Waals surface area contributed by atoms with Gasteiger partial charge in [0.15, 0.2) is 0 Å². The topological polar surface area (TPSA) is 49.1 Å². The first kappa shape index (κ1) is 8.27. The van der Waals surface area contributed by atoms with Gasteiger partial charge in [0.2, 0.25) is 0 Å². The highest BCUT2D eigenvalue weighted by Crippen LogP contribution is 1.94. The number of nitrogens with two attached hydrogens (primary N) is 1. The summed E-state index contributed by atoms with van der Waals surface area (Å²) in [7, 11) is 0. The summed E-state index contributed by atoms with van der Waals surface area (Å²) in [6, 6.07) is 0. The van der Waals surface area contributed by atoms with Crippen LogP contribution in [0.25, 0.3) is 0 Å². The molecule has 0 aromatic carbocycles. The van der Waals surface area contributed by atoms with E-state index in [1.54, 1.807) is 0 Å². The van der Waals surface area contributed by atoms with Gasteiger partial charge in [0, 0.05) is 11.4 Å². The molecule has 0 aliphatic carbocycles. The first-order valence-corrected chi connectivity index (χ1v) is 4.28. The van der Waals surface area contributed by atoms with Crippen molar-refractivity contribution in [3.8, 4) is 0 Å². The molecule has 0 aromatic heterocycles. The van der Waals surface area contributed by atoms with Gasteiger partial charge in [0.25, 0.3) is 0 Å². The molecule has 50 valence electrons. The lowest BCUT2D eigenvalue weighted by molar-refractivity contribution is 0.591. The normalized spacial score (nSPS) is 13.9. The number of rotatable bonds is 4. The van der Waals surface area contributed by atoms with Crippen molar-refractivity contribution in [1.29, 1.82) is 0 Å². The number of hydrogen-bond donors (Lipinski definition) is 1. The van der Waals surface area contributed by atoms with Crippen LogP contribution >= 0.6 is 0 Å². The maximum atomic E-state index is 10.2. The summed E-state index contributed by atoms with van der Waals surface area (Å²) in [6.45, 7) is 2.11. The lowest BCUT2D eigenvalue weighted by Gasteiger charge is -2.00. The highest BCUT2D eigenvalue weighted by molar-refractivity contribution is 7.89. The van der Waals surface area contributed by atoms with Crippen molar-refractivity contribution >= 4 is 11.4 Å². The van der Waals surface area contributed by atoms with Gasteiger partial charge < -0.3 is 4.55 Å². The van der Waals surface area contributed by atoms with Crippen LogP contribution in [-0.4, -0.2) is 10.3 Å². The molecule has 0 bridgehead atoms. The van der Waals surface area contributed by atoms with Crippen molar-refractivity contribution in [1.82, 2.24) is 0 Å². The molecule has 0 saturated heterocycles. The molecule has 0 aliphatic heterocycles. The quantitative estimate of drug-likeness (QED) is 0.458. The van der Waals surface area contributed by atoms with Gasteiger partial charge in [-0.05, 0) is 12.8 Å². The molecule has 2 N–H and O–H groups in total. The minimum absolute atomic E-state index is 0.661. The van der Waals surface area contributed by atoms with Crippen LogP contribution in [0.4, 0.5) is 0 Å². The van der Waals surface area contributed by atoms with Crippen LogP contribution in [0.5, 0.6) is 0 Å². The third kappa shape index (κ3) is 6.27. The Morgan fingerprint density at radius 3 is 2.50 bits per heavy atom. The van der Waals surface area contributed by atoms with Crippen molar-refractivity contribution in [3.63, 3.8) is 0 Å². The van der Waals surface area contributed by atoms with E-state index in [1.165, 1.54) is 0 Å². The summed E-state index contributed by atoms with van der Waals surface area (Å²) in [5, 5.41) is 5.01. The Morgan fingerprint density at radius 1 is 1.50 bits per heavy atom. The van der Waals surface area contributed by atoms with E-state index in [0.717, 1.165) is 19.3 Å². The van der Waals surface area contributed by atoms with Crippen LogP contribution in [-0.2, 0) is 11.4 Å². The molecule has 0 rings (SSSR count). The van der Waals surface area contributed by atoms with E-state index in [1.807, 2.05) is 0 Å². The third-order valence-electron chi connectivity index (χ3n) is 0.949. The second-order valence-corrected chi connectivity index (χ2v) is 2.96. The summed E-state index contributed by atoms with van der Waals surface area (Å²) >= 11 is -1.07. The smallest absolute Gasteiger partial charge is 0.125 e. The Bertz CT molecular complexity index is 49.7. The molecule has 0 radical (unpaired) electrons. The lowest BCUT2D eigenvalue weighted by atomic mass is 10.3. The second-order valence-electron chi connectivity index (χ2n) is 1.79. The monoisotopic (exact) mass is 135 g/mol. The predicted octanol–water partition coefficient (Wildman–Crippen LogP) is 0.799. The van der Waals surface area contributed by atoms with Gasteiger partial charge >= 0.3 is 0 Å². The van der Waals surface area contributed by atoms with Crippen LogP contribution in [0.2, 0.25) is 0 Å². The highest BCUT2D eigenvalue weighted by Gasteiger charge is 1.94. The standard InChI is InChI=1S/C5H13NOS/c1-2-3-4-5-8(6)7/h2-6H2,1H3. The summed E-state index contributed by atoms with van der Waals surface area (Å²) < 4.78 is 10.2. The molecule has 0 spiro atoms. The summed E-state index contributed by atoms with van der Waals surface area (Å²) in [5.41, 5.74) is 0. The third-order valence-corrected chi connectivity index (χ3v) is 1.64. The summed E-state index contributed by atoms with van der Waals surface area (Å²) in [5.74, 6) is 0.661. The molecule has 0 heterocycles. The Labute approximate surface area is 53.8 Å². The Hall–Kier alpha value is 0.270. The van der Waals surface area contributed by atoms with Gasteiger partial charge in [-0.3, -0.25) is 0 Å². The van der Waals surface area contributed by atoms with E-state index in [2.05, 4.69) is 6.92 Å². The van der Waals surface area contributed by atoms with Crippen LogP contribution in [0, 0.1) is 0 Å². The first-order valence-electron chi connectivity index (χ1n) is 2.90. The minimum atomic E-state index is -1.07. The number of unbranched alkanes of at least 4 members (excludes halogenated alkanes) is 2. The van der Waals surface area contributed by atoms with E-state index >= 15 is 0 Å². The van der Waals surface area contributed by atoms with Gasteiger partial charge in [-0.2, -0.15) is 5.14 Å². The average Bonchev–Trinajstić information content (AvgIpc) is 1.66. The highest BCUT2D eigenvalue weighted by atomic mass is 32.2. The second kappa shape index (κ2) is 5.41. The van der Waals surface area contributed by atoms with E-state index in [0.29, 0.717) is 5.75 Å². The Kier molecular flexibility index (Phi) is 5.59. The van der Waals surface area contributed by atoms with Crippen molar-refractivity contribution in [2.24, 2.45) is 5.14 Å². The van der Waals surface area contributed by atoms with Crippen LogP contribution in [0.3, 0.4) is 0 Å². The average molecular weight is 135 g/mol. The molecular weight excluding hydrogens is 122 g/mol. The molecule has 0 amide bonds. The molecule has 8 heavy (non-hydrogen) atoms. The first-order chi connectivity index (χ1) is 3.77. The SMILES string of the molecule is CCCCC[S+](N)[O-]. The van der Waals surface area contributed by atoms with Gasteiger partial charge in [-0.15, -0.1) is 0 Å². The van der Waals surface area contributed by atoms with Gasteiger partial charge in [-0.1, -0.05) is 13.3 Å². The fourth-order valence-electron chi connectivity index (χ4n) is 0.494. The van der Waals surface area contributed by atoms with E-state index in [-0.39, 0.29) is 0 Å².